The number of H-pyrrole nitrogens is 1. The van der Waals surface area contributed by atoms with Crippen LogP contribution in [0.1, 0.15) is 5.56 Å². The molecule has 2 saturated heterocycles. The first kappa shape index (κ1) is 18.5. The van der Waals surface area contributed by atoms with Crippen molar-refractivity contribution in [3.05, 3.63) is 42.0 Å². The van der Waals surface area contributed by atoms with E-state index in [1.807, 2.05) is 0 Å². The van der Waals surface area contributed by atoms with Gasteiger partial charge in [-0.25, -0.2) is 4.98 Å². The first-order valence-electron chi connectivity index (χ1n) is 10.5. The number of likely N-dealkylation sites (N-methyl/N-ethyl adjacent to an activating group) is 1. The van der Waals surface area contributed by atoms with E-state index < -0.39 is 0 Å². The van der Waals surface area contributed by atoms with Crippen molar-refractivity contribution in [2.45, 2.75) is 6.92 Å². The maximum atomic E-state index is 5.46. The van der Waals surface area contributed by atoms with Gasteiger partial charge in [-0.1, -0.05) is 0 Å². The second kappa shape index (κ2) is 7.69. The molecule has 0 amide bonds. The van der Waals surface area contributed by atoms with E-state index in [4.69, 9.17) is 9.72 Å². The average molecular weight is 392 g/mol. The van der Waals surface area contributed by atoms with Crippen LogP contribution in [0.3, 0.4) is 0 Å². The molecule has 0 aliphatic carbocycles. The summed E-state index contributed by atoms with van der Waals surface area (Å²) in [5, 5.41) is 0. The Morgan fingerprint density at radius 3 is 2.28 bits per heavy atom. The van der Waals surface area contributed by atoms with Crippen molar-refractivity contribution in [1.82, 2.24) is 14.9 Å². The van der Waals surface area contributed by atoms with Crippen molar-refractivity contribution in [2.24, 2.45) is 0 Å². The molecule has 3 aromatic rings. The predicted octanol–water partition coefficient (Wildman–Crippen LogP) is 3.13. The van der Waals surface area contributed by atoms with Gasteiger partial charge in [0.05, 0.1) is 24.2 Å². The fourth-order valence-corrected chi connectivity index (χ4v) is 4.31. The molecule has 5 rings (SSSR count). The Morgan fingerprint density at radius 1 is 0.862 bits per heavy atom. The minimum Gasteiger partial charge on any atom is -0.378 e. The first-order valence-corrected chi connectivity index (χ1v) is 10.5. The number of hydrogen-bond acceptors (Lipinski definition) is 5. The Hall–Kier alpha value is -2.57. The number of nitrogens with one attached hydrogen (secondary N) is 1. The lowest BCUT2D eigenvalue weighted by atomic mass is 10.1. The van der Waals surface area contributed by atoms with Crippen LogP contribution in [0.5, 0.6) is 0 Å². The highest BCUT2D eigenvalue weighted by Crippen LogP contribution is 2.29. The van der Waals surface area contributed by atoms with Crippen LogP contribution < -0.4 is 9.80 Å². The van der Waals surface area contributed by atoms with Crippen molar-refractivity contribution in [3.63, 3.8) is 0 Å². The summed E-state index contributed by atoms with van der Waals surface area (Å²) in [6.45, 7) is 10.1. The second-order valence-corrected chi connectivity index (χ2v) is 8.18. The van der Waals surface area contributed by atoms with Crippen molar-refractivity contribution in [2.75, 3.05) is 69.3 Å². The van der Waals surface area contributed by atoms with Crippen LogP contribution in [0, 0.1) is 6.92 Å². The molecule has 1 aromatic heterocycles. The fraction of sp³-hybridized carbons (Fsp3) is 0.435. The minimum absolute atomic E-state index is 0.806. The van der Waals surface area contributed by atoms with E-state index in [-0.39, 0.29) is 0 Å². The Morgan fingerprint density at radius 2 is 1.55 bits per heavy atom. The summed E-state index contributed by atoms with van der Waals surface area (Å²) in [5.74, 6) is 0.937. The summed E-state index contributed by atoms with van der Waals surface area (Å²) in [6, 6.07) is 13.2. The van der Waals surface area contributed by atoms with Gasteiger partial charge in [-0.2, -0.15) is 0 Å². The topological polar surface area (TPSA) is 47.6 Å². The summed E-state index contributed by atoms with van der Waals surface area (Å²) in [5.41, 5.74) is 7.08. The maximum absolute atomic E-state index is 5.46. The highest BCUT2D eigenvalue weighted by Gasteiger charge is 2.17. The van der Waals surface area contributed by atoms with Gasteiger partial charge in [-0.3, -0.25) is 0 Å². The Kier molecular flexibility index (Phi) is 4.89. The number of aromatic amines is 1. The maximum Gasteiger partial charge on any atom is 0.138 e. The summed E-state index contributed by atoms with van der Waals surface area (Å²) < 4.78 is 5.46. The summed E-state index contributed by atoms with van der Waals surface area (Å²) in [6.07, 6.45) is 0. The molecule has 0 saturated carbocycles. The van der Waals surface area contributed by atoms with Gasteiger partial charge in [-0.05, 0) is 55.9 Å². The lowest BCUT2D eigenvalue weighted by Crippen LogP contribution is -2.44. The number of ether oxygens (including phenoxy) is 1. The molecule has 2 aliphatic heterocycles. The number of aromatic nitrogens is 2. The standard InChI is InChI=1S/C23H29N5O/c1-17-15-20(27-9-7-26(2)8-10-27)16-21-22(17)25-23(24-21)18-3-5-19(6-4-18)28-11-13-29-14-12-28/h3-6,15-16H,7-14H2,1-2H3,(H,24,25). The SMILES string of the molecule is Cc1cc(N2CCN(C)CC2)cc2[nH]c(-c3ccc(N4CCOCC4)cc3)nc12. The van der Waals surface area contributed by atoms with Crippen molar-refractivity contribution >= 4 is 22.4 Å². The number of aryl methyl sites for hydroxylation is 1. The molecule has 0 spiro atoms. The van der Waals surface area contributed by atoms with Gasteiger partial charge in [0.2, 0.25) is 0 Å². The van der Waals surface area contributed by atoms with E-state index in [9.17, 15) is 0 Å². The van der Waals surface area contributed by atoms with Gasteiger partial charge >= 0.3 is 0 Å². The Bertz CT molecular complexity index is 982. The highest BCUT2D eigenvalue weighted by molar-refractivity contribution is 5.86. The van der Waals surface area contributed by atoms with E-state index in [0.717, 1.165) is 74.9 Å². The zero-order valence-electron chi connectivity index (χ0n) is 17.3. The summed E-state index contributed by atoms with van der Waals surface area (Å²) >= 11 is 0. The molecular formula is C23H29N5O. The third-order valence-corrected chi connectivity index (χ3v) is 6.15. The molecule has 0 atom stereocenters. The zero-order valence-corrected chi connectivity index (χ0v) is 17.3. The molecule has 152 valence electrons. The molecular weight excluding hydrogens is 362 g/mol. The summed E-state index contributed by atoms with van der Waals surface area (Å²) in [4.78, 5) is 15.7. The molecule has 6 nitrogen and oxygen atoms in total. The molecule has 0 bridgehead atoms. The van der Waals surface area contributed by atoms with Crippen LogP contribution in [-0.2, 0) is 4.74 Å². The van der Waals surface area contributed by atoms with Crippen LogP contribution in [0.2, 0.25) is 0 Å². The van der Waals surface area contributed by atoms with Crippen LogP contribution in [-0.4, -0.2) is 74.4 Å². The van der Waals surface area contributed by atoms with Crippen LogP contribution in [0.15, 0.2) is 36.4 Å². The van der Waals surface area contributed by atoms with Gasteiger partial charge in [0.15, 0.2) is 0 Å². The average Bonchev–Trinajstić information content (AvgIpc) is 3.20. The number of morpholine rings is 1. The largest absolute Gasteiger partial charge is 0.378 e. The number of fused-ring (bicyclic) bond motifs is 1. The molecule has 3 heterocycles. The van der Waals surface area contributed by atoms with Crippen molar-refractivity contribution < 1.29 is 4.74 Å². The van der Waals surface area contributed by atoms with E-state index in [1.54, 1.807) is 0 Å². The van der Waals surface area contributed by atoms with E-state index >= 15 is 0 Å². The lowest BCUT2D eigenvalue weighted by molar-refractivity contribution is 0.122. The molecule has 6 heteroatoms. The van der Waals surface area contributed by atoms with Gasteiger partial charge in [0.1, 0.15) is 5.82 Å². The normalized spacial score (nSPS) is 18.6. The van der Waals surface area contributed by atoms with Crippen LogP contribution >= 0.6 is 0 Å². The van der Waals surface area contributed by atoms with Crippen LogP contribution in [0.25, 0.3) is 22.4 Å². The van der Waals surface area contributed by atoms with Crippen molar-refractivity contribution in [1.29, 1.82) is 0 Å². The number of hydrogen-bond donors (Lipinski definition) is 1. The Labute approximate surface area is 172 Å². The molecule has 1 N–H and O–H groups in total. The molecule has 2 fully saturated rings. The quantitative estimate of drug-likeness (QED) is 0.743. The molecule has 29 heavy (non-hydrogen) atoms. The number of rotatable bonds is 3. The number of piperazine rings is 1. The monoisotopic (exact) mass is 391 g/mol. The smallest absolute Gasteiger partial charge is 0.138 e. The van der Waals surface area contributed by atoms with E-state index in [2.05, 4.69) is 70.1 Å². The zero-order chi connectivity index (χ0) is 19.8. The molecule has 2 aromatic carbocycles. The number of benzene rings is 2. The molecule has 0 radical (unpaired) electrons. The fourth-order valence-electron chi connectivity index (χ4n) is 4.31. The summed E-state index contributed by atoms with van der Waals surface area (Å²) in [7, 11) is 2.19. The lowest BCUT2D eigenvalue weighted by Gasteiger charge is -2.34. The number of nitrogens with zero attached hydrogens (tertiary/aromatic N) is 4. The van der Waals surface area contributed by atoms with E-state index in [0.29, 0.717) is 0 Å². The van der Waals surface area contributed by atoms with Gasteiger partial charge < -0.3 is 24.4 Å². The number of imidazole rings is 1. The van der Waals surface area contributed by atoms with E-state index in [1.165, 1.54) is 16.9 Å². The van der Waals surface area contributed by atoms with Gasteiger partial charge in [0.25, 0.3) is 0 Å². The van der Waals surface area contributed by atoms with Crippen molar-refractivity contribution in [3.8, 4) is 11.4 Å². The highest BCUT2D eigenvalue weighted by atomic mass is 16.5. The van der Waals surface area contributed by atoms with Crippen LogP contribution in [0.4, 0.5) is 11.4 Å². The predicted molar refractivity (Wildman–Crippen MR) is 119 cm³/mol. The minimum atomic E-state index is 0.806. The Balaban J connectivity index is 1.41. The molecule has 2 aliphatic rings. The third-order valence-electron chi connectivity index (χ3n) is 6.15. The van der Waals surface area contributed by atoms with Gasteiger partial charge in [-0.15, -0.1) is 0 Å². The van der Waals surface area contributed by atoms with Gasteiger partial charge in [0, 0.05) is 56.2 Å². The molecule has 0 unspecified atom stereocenters. The third kappa shape index (κ3) is 3.70. The first-order chi connectivity index (χ1) is 14.2. The second-order valence-electron chi connectivity index (χ2n) is 8.18. The number of anilines is 2.